The Balaban J connectivity index is 1.70. The van der Waals surface area contributed by atoms with Crippen molar-refractivity contribution >= 4 is 57.8 Å². The first-order valence-electron chi connectivity index (χ1n) is 11.5. The zero-order valence-electron chi connectivity index (χ0n) is 20.2. The molecule has 9 nitrogen and oxygen atoms in total. The third kappa shape index (κ3) is 5.23. The topological polar surface area (TPSA) is 110 Å². The van der Waals surface area contributed by atoms with Crippen molar-refractivity contribution in [2.24, 2.45) is 7.05 Å². The molecule has 1 amide bonds. The molecular weight excluding hydrogens is 517 g/mol. The molecule has 2 fully saturated rings. The van der Waals surface area contributed by atoms with Crippen LogP contribution < -0.4 is 15.4 Å². The van der Waals surface area contributed by atoms with Gasteiger partial charge in [0.05, 0.1) is 11.3 Å². The van der Waals surface area contributed by atoms with Crippen molar-refractivity contribution in [1.82, 2.24) is 9.47 Å². The number of aliphatic carboxylic acids is 1. The molecule has 2 aliphatic rings. The molecule has 4 rings (SSSR count). The van der Waals surface area contributed by atoms with Crippen molar-refractivity contribution in [2.75, 3.05) is 42.5 Å². The number of carbonyl (C=O) groups excluding carboxylic acids is 1. The second kappa shape index (κ2) is 10.7. The van der Waals surface area contributed by atoms with Gasteiger partial charge in [-0.15, -0.1) is 0 Å². The molecule has 0 saturated carbocycles. The van der Waals surface area contributed by atoms with E-state index in [4.69, 9.17) is 17.3 Å². The number of carboxylic acids is 1. The molecule has 2 aromatic rings. The number of thioether (sulfide) groups is 1. The molecule has 0 unspecified atom stereocenters. The maximum absolute atomic E-state index is 13.3. The molecule has 0 aliphatic carbocycles. The van der Waals surface area contributed by atoms with E-state index in [2.05, 4.69) is 4.90 Å². The predicted octanol–water partition coefficient (Wildman–Crippen LogP) is 2.71. The number of nitrogens with zero attached hydrogens (tertiary/aromatic N) is 5. The Morgan fingerprint density at radius 1 is 1.19 bits per heavy atom. The Morgan fingerprint density at radius 3 is 2.41 bits per heavy atom. The quantitative estimate of drug-likeness (QED) is 0.436. The second-order valence-corrected chi connectivity index (χ2v) is 10.3. The fraction of sp³-hybridized carbons (Fsp3) is 0.320. The molecule has 3 heterocycles. The van der Waals surface area contributed by atoms with Crippen molar-refractivity contribution < 1.29 is 19.1 Å². The van der Waals surface area contributed by atoms with E-state index in [1.54, 1.807) is 32.2 Å². The summed E-state index contributed by atoms with van der Waals surface area (Å²) in [4.78, 5) is 42.7. The van der Waals surface area contributed by atoms with Crippen LogP contribution in [0.3, 0.4) is 0 Å². The molecule has 0 atom stereocenters. The van der Waals surface area contributed by atoms with Gasteiger partial charge in [0.15, 0.2) is 0 Å². The normalized spacial score (nSPS) is 17.0. The van der Waals surface area contributed by atoms with Crippen LogP contribution in [0.2, 0.25) is 0 Å². The number of halogens is 1. The van der Waals surface area contributed by atoms with Crippen molar-refractivity contribution in [1.29, 1.82) is 5.26 Å². The minimum absolute atomic E-state index is 0.0104. The van der Waals surface area contributed by atoms with Gasteiger partial charge in [-0.2, -0.15) is 5.26 Å². The number of carboxylic acid groups (broad SMARTS) is 1. The summed E-state index contributed by atoms with van der Waals surface area (Å²) >= 11 is 6.37. The Labute approximate surface area is 222 Å². The third-order valence-corrected chi connectivity index (χ3v) is 7.81. The molecule has 2 aliphatic heterocycles. The number of carbonyl (C=O) groups is 2. The van der Waals surface area contributed by atoms with E-state index >= 15 is 0 Å². The standard InChI is InChI=1S/C25H24FN5O4S2/c1-15-18(13-20-24(35)31(25(36)37-20)8-7-21(32)33)22(28(2)23(34)19(15)14-27)30-11-9-29(10-12-30)17-5-3-16(26)4-6-17/h3-6,13H,7-12H2,1-2H3,(H,32,33)/b20-13+. The van der Waals surface area contributed by atoms with Crippen LogP contribution in [0.1, 0.15) is 23.1 Å². The van der Waals surface area contributed by atoms with Crippen molar-refractivity contribution in [3.63, 3.8) is 0 Å². The average molecular weight is 542 g/mol. The Kier molecular flexibility index (Phi) is 7.65. The van der Waals surface area contributed by atoms with Crippen molar-refractivity contribution in [2.45, 2.75) is 13.3 Å². The van der Waals surface area contributed by atoms with Gasteiger partial charge >= 0.3 is 5.97 Å². The monoisotopic (exact) mass is 541 g/mol. The SMILES string of the molecule is Cc1c(/C=C2/SC(=S)N(CCC(=O)O)C2=O)c(N2CCN(c3ccc(F)cc3)CC2)n(C)c(=O)c1C#N. The van der Waals surface area contributed by atoms with Gasteiger partial charge in [-0.25, -0.2) is 4.39 Å². The molecule has 2 saturated heterocycles. The lowest BCUT2D eigenvalue weighted by atomic mass is 10.0. The highest BCUT2D eigenvalue weighted by Crippen LogP contribution is 2.36. The minimum atomic E-state index is -1.03. The number of rotatable bonds is 6. The maximum Gasteiger partial charge on any atom is 0.305 e. The number of hydrogen-bond donors (Lipinski definition) is 1. The number of anilines is 2. The number of thiocarbonyl (C=S) groups is 1. The Bertz CT molecular complexity index is 1410. The first-order valence-corrected chi connectivity index (χ1v) is 12.7. The van der Waals surface area contributed by atoms with Gasteiger partial charge in [0.1, 0.15) is 27.6 Å². The van der Waals surface area contributed by atoms with E-state index in [0.717, 1.165) is 17.4 Å². The lowest BCUT2D eigenvalue weighted by Crippen LogP contribution is -2.48. The minimum Gasteiger partial charge on any atom is -0.481 e. The molecule has 37 heavy (non-hydrogen) atoms. The lowest BCUT2D eigenvalue weighted by Gasteiger charge is -2.38. The van der Waals surface area contributed by atoms with E-state index in [0.29, 0.717) is 48.0 Å². The van der Waals surface area contributed by atoms with Crippen LogP contribution in [0.15, 0.2) is 34.0 Å². The van der Waals surface area contributed by atoms with Gasteiger partial charge in [-0.1, -0.05) is 24.0 Å². The average Bonchev–Trinajstić information content (AvgIpc) is 3.14. The van der Waals surface area contributed by atoms with Gasteiger partial charge < -0.3 is 14.9 Å². The summed E-state index contributed by atoms with van der Waals surface area (Å²) < 4.78 is 15.0. The number of hydrogen-bond acceptors (Lipinski definition) is 8. The van der Waals surface area contributed by atoms with E-state index in [9.17, 15) is 24.0 Å². The van der Waals surface area contributed by atoms with E-state index in [-0.39, 0.29) is 28.7 Å². The molecular formula is C25H24FN5O4S2. The summed E-state index contributed by atoms with van der Waals surface area (Å²) in [5.41, 5.74) is 1.48. The molecule has 192 valence electrons. The van der Waals surface area contributed by atoms with Gasteiger partial charge in [-0.3, -0.25) is 23.9 Å². The van der Waals surface area contributed by atoms with Crippen molar-refractivity contribution in [3.8, 4) is 6.07 Å². The van der Waals surface area contributed by atoms with Gasteiger partial charge in [0.2, 0.25) is 0 Å². The molecule has 1 aromatic heterocycles. The summed E-state index contributed by atoms with van der Waals surface area (Å²) in [6.07, 6.45) is 1.40. The largest absolute Gasteiger partial charge is 0.481 e. The third-order valence-electron chi connectivity index (χ3n) is 6.44. The highest BCUT2D eigenvalue weighted by molar-refractivity contribution is 8.26. The number of amides is 1. The highest BCUT2D eigenvalue weighted by Gasteiger charge is 2.33. The number of pyridine rings is 1. The maximum atomic E-state index is 13.3. The molecule has 0 radical (unpaired) electrons. The Morgan fingerprint density at radius 2 is 1.81 bits per heavy atom. The fourth-order valence-electron chi connectivity index (χ4n) is 4.45. The first-order chi connectivity index (χ1) is 17.6. The molecule has 0 bridgehead atoms. The van der Waals surface area contributed by atoms with Gasteiger partial charge in [-0.05, 0) is 42.8 Å². The van der Waals surface area contributed by atoms with Gasteiger partial charge in [0, 0.05) is 51.0 Å². The van der Waals surface area contributed by atoms with E-state index in [1.807, 2.05) is 11.0 Å². The van der Waals surface area contributed by atoms with Crippen LogP contribution in [-0.4, -0.2) is 63.5 Å². The van der Waals surface area contributed by atoms with Crippen LogP contribution >= 0.6 is 24.0 Å². The molecule has 1 aromatic carbocycles. The van der Waals surface area contributed by atoms with E-state index in [1.165, 1.54) is 21.6 Å². The number of nitriles is 1. The number of benzene rings is 1. The summed E-state index contributed by atoms with van der Waals surface area (Å²) in [5.74, 6) is -1.16. The molecule has 12 heteroatoms. The number of aromatic nitrogens is 1. The van der Waals surface area contributed by atoms with Crippen LogP contribution in [0.4, 0.5) is 15.9 Å². The zero-order valence-corrected chi connectivity index (χ0v) is 21.9. The van der Waals surface area contributed by atoms with Gasteiger partial charge in [0.25, 0.3) is 11.5 Å². The van der Waals surface area contributed by atoms with Crippen LogP contribution in [0, 0.1) is 24.1 Å². The van der Waals surface area contributed by atoms with Crippen LogP contribution in [-0.2, 0) is 16.6 Å². The van der Waals surface area contributed by atoms with Crippen LogP contribution in [0.25, 0.3) is 6.08 Å². The Hall–Kier alpha value is -3.69. The highest BCUT2D eigenvalue weighted by atomic mass is 32.2. The second-order valence-electron chi connectivity index (χ2n) is 8.64. The zero-order chi connectivity index (χ0) is 26.9. The summed E-state index contributed by atoms with van der Waals surface area (Å²) in [6, 6.07) is 8.27. The summed E-state index contributed by atoms with van der Waals surface area (Å²) in [6.45, 7) is 3.98. The van der Waals surface area contributed by atoms with Crippen LogP contribution in [0.5, 0.6) is 0 Å². The molecule has 0 spiro atoms. The van der Waals surface area contributed by atoms with E-state index < -0.39 is 17.4 Å². The number of piperazine rings is 1. The summed E-state index contributed by atoms with van der Waals surface area (Å²) in [7, 11) is 1.60. The smallest absolute Gasteiger partial charge is 0.305 e. The molecule has 1 N–H and O–H groups in total. The first kappa shape index (κ1) is 26.4. The lowest BCUT2D eigenvalue weighted by molar-refractivity contribution is -0.137. The fourth-order valence-corrected chi connectivity index (χ4v) is 5.74. The van der Waals surface area contributed by atoms with Crippen molar-refractivity contribution in [3.05, 3.63) is 62.0 Å². The predicted molar refractivity (Wildman–Crippen MR) is 144 cm³/mol. The summed E-state index contributed by atoms with van der Waals surface area (Å²) in [5, 5.41) is 18.7.